The third-order valence-electron chi connectivity index (χ3n) is 2.49. The Labute approximate surface area is 105 Å². The molecule has 2 rings (SSSR count). The summed E-state index contributed by atoms with van der Waals surface area (Å²) in [4.78, 5) is 4.15. The summed E-state index contributed by atoms with van der Waals surface area (Å²) in [6, 6.07) is 9.32. The molecule has 0 saturated carbocycles. The SMILES string of the molecule is Cc1ccc(-c2ncc(B(O)O)cc2Cl)cc1. The van der Waals surface area contributed by atoms with Crippen LogP contribution in [0.5, 0.6) is 0 Å². The van der Waals surface area contributed by atoms with Gasteiger partial charge in [0.2, 0.25) is 0 Å². The largest absolute Gasteiger partial charge is 0.490 e. The maximum absolute atomic E-state index is 9.00. The molecule has 0 bridgehead atoms. The summed E-state index contributed by atoms with van der Waals surface area (Å²) < 4.78 is 0. The van der Waals surface area contributed by atoms with Crippen LogP contribution in [-0.4, -0.2) is 22.2 Å². The molecule has 1 aromatic heterocycles. The van der Waals surface area contributed by atoms with E-state index in [9.17, 15) is 0 Å². The van der Waals surface area contributed by atoms with E-state index in [1.807, 2.05) is 31.2 Å². The second kappa shape index (κ2) is 4.88. The normalized spacial score (nSPS) is 10.4. The van der Waals surface area contributed by atoms with Gasteiger partial charge >= 0.3 is 7.12 Å². The highest BCUT2D eigenvalue weighted by molar-refractivity contribution is 6.59. The topological polar surface area (TPSA) is 53.4 Å². The van der Waals surface area contributed by atoms with Gasteiger partial charge in [0.15, 0.2) is 0 Å². The zero-order valence-corrected chi connectivity index (χ0v) is 10.0. The third-order valence-corrected chi connectivity index (χ3v) is 2.77. The summed E-state index contributed by atoms with van der Waals surface area (Å²) in [6.45, 7) is 2.00. The Bertz CT molecular complexity index is 529. The first-order valence-corrected chi connectivity index (χ1v) is 5.54. The minimum Gasteiger partial charge on any atom is -0.423 e. The quantitative estimate of drug-likeness (QED) is 0.789. The summed E-state index contributed by atoms with van der Waals surface area (Å²) in [6.07, 6.45) is 1.41. The lowest BCUT2D eigenvalue weighted by Gasteiger charge is -2.06. The van der Waals surface area contributed by atoms with E-state index in [1.54, 1.807) is 0 Å². The smallest absolute Gasteiger partial charge is 0.423 e. The average molecular weight is 247 g/mol. The fourth-order valence-corrected chi connectivity index (χ4v) is 1.80. The maximum atomic E-state index is 9.00. The molecule has 0 spiro atoms. The van der Waals surface area contributed by atoms with Gasteiger partial charge in [0.1, 0.15) is 0 Å². The molecule has 0 fully saturated rings. The van der Waals surface area contributed by atoms with Crippen molar-refractivity contribution in [3.8, 4) is 11.3 Å². The molecule has 0 radical (unpaired) electrons. The standard InChI is InChI=1S/C12H11BClNO2/c1-8-2-4-9(5-3-8)12-11(14)6-10(7-15-12)13(16)17/h2-7,16-17H,1H3. The van der Waals surface area contributed by atoms with Crippen molar-refractivity contribution in [3.05, 3.63) is 47.1 Å². The minimum atomic E-state index is -1.55. The van der Waals surface area contributed by atoms with Crippen LogP contribution < -0.4 is 5.46 Å². The summed E-state index contributed by atoms with van der Waals surface area (Å²) in [5.41, 5.74) is 2.98. The van der Waals surface area contributed by atoms with Crippen LogP contribution >= 0.6 is 11.6 Å². The molecule has 0 saturated heterocycles. The van der Waals surface area contributed by atoms with Crippen LogP contribution in [0.2, 0.25) is 5.02 Å². The zero-order valence-electron chi connectivity index (χ0n) is 9.26. The lowest BCUT2D eigenvalue weighted by molar-refractivity contribution is 0.425. The first-order valence-electron chi connectivity index (χ1n) is 5.16. The Balaban J connectivity index is 2.43. The summed E-state index contributed by atoms with van der Waals surface area (Å²) in [5.74, 6) is 0. The Hall–Kier alpha value is -1.36. The highest BCUT2D eigenvalue weighted by Crippen LogP contribution is 2.24. The van der Waals surface area contributed by atoms with Gasteiger partial charge in [0.25, 0.3) is 0 Å². The van der Waals surface area contributed by atoms with Gasteiger partial charge in [-0.2, -0.15) is 0 Å². The molecule has 3 nitrogen and oxygen atoms in total. The van der Waals surface area contributed by atoms with Gasteiger partial charge < -0.3 is 10.0 Å². The lowest BCUT2D eigenvalue weighted by Crippen LogP contribution is -2.30. The maximum Gasteiger partial charge on any atom is 0.490 e. The second-order valence-corrected chi connectivity index (χ2v) is 4.25. The molecule has 0 amide bonds. The van der Waals surface area contributed by atoms with Crippen LogP contribution in [0.3, 0.4) is 0 Å². The monoisotopic (exact) mass is 247 g/mol. The number of aromatic nitrogens is 1. The van der Waals surface area contributed by atoms with E-state index in [-0.39, 0.29) is 5.46 Å². The molecule has 17 heavy (non-hydrogen) atoms. The number of nitrogens with zero attached hydrogens (tertiary/aromatic N) is 1. The first kappa shape index (κ1) is 12.1. The van der Waals surface area contributed by atoms with Gasteiger partial charge in [-0.25, -0.2) is 0 Å². The Morgan fingerprint density at radius 2 is 1.82 bits per heavy atom. The van der Waals surface area contributed by atoms with Crippen LogP contribution in [0.1, 0.15) is 5.56 Å². The minimum absolute atomic E-state index is 0.283. The molecule has 5 heteroatoms. The Morgan fingerprint density at radius 1 is 1.18 bits per heavy atom. The predicted octanol–water partition coefficient (Wildman–Crippen LogP) is 1.39. The van der Waals surface area contributed by atoms with Crippen molar-refractivity contribution >= 4 is 24.2 Å². The fraction of sp³-hybridized carbons (Fsp3) is 0.0833. The van der Waals surface area contributed by atoms with Gasteiger partial charge in [0.05, 0.1) is 10.7 Å². The molecular weight excluding hydrogens is 236 g/mol. The average Bonchev–Trinajstić information content (AvgIpc) is 2.30. The second-order valence-electron chi connectivity index (χ2n) is 3.84. The number of aryl methyl sites for hydroxylation is 1. The van der Waals surface area contributed by atoms with Gasteiger partial charge in [-0.1, -0.05) is 41.4 Å². The van der Waals surface area contributed by atoms with E-state index >= 15 is 0 Å². The molecule has 2 N–H and O–H groups in total. The van der Waals surface area contributed by atoms with Gasteiger partial charge in [0, 0.05) is 17.2 Å². The van der Waals surface area contributed by atoms with Crippen molar-refractivity contribution in [1.82, 2.24) is 4.98 Å². The summed E-state index contributed by atoms with van der Waals surface area (Å²) in [7, 11) is -1.55. The van der Waals surface area contributed by atoms with Crippen molar-refractivity contribution in [2.75, 3.05) is 0 Å². The van der Waals surface area contributed by atoms with E-state index < -0.39 is 7.12 Å². The van der Waals surface area contributed by atoms with Crippen molar-refractivity contribution in [1.29, 1.82) is 0 Å². The van der Waals surface area contributed by atoms with E-state index in [2.05, 4.69) is 4.98 Å². The molecule has 0 aliphatic carbocycles. The molecule has 86 valence electrons. The van der Waals surface area contributed by atoms with Crippen molar-refractivity contribution in [2.24, 2.45) is 0 Å². The van der Waals surface area contributed by atoms with Crippen molar-refractivity contribution < 1.29 is 10.0 Å². The molecule has 0 atom stereocenters. The highest BCUT2D eigenvalue weighted by Gasteiger charge is 2.14. The zero-order chi connectivity index (χ0) is 12.4. The number of hydrogen-bond donors (Lipinski definition) is 2. The van der Waals surface area contributed by atoms with Gasteiger partial charge in [-0.15, -0.1) is 0 Å². The fourth-order valence-electron chi connectivity index (χ4n) is 1.52. The molecule has 1 heterocycles. The van der Waals surface area contributed by atoms with Crippen LogP contribution in [-0.2, 0) is 0 Å². The number of halogens is 1. The molecule has 0 unspecified atom stereocenters. The van der Waals surface area contributed by atoms with Gasteiger partial charge in [-0.05, 0) is 13.0 Å². The van der Waals surface area contributed by atoms with Crippen molar-refractivity contribution in [2.45, 2.75) is 6.92 Å². The summed E-state index contributed by atoms with van der Waals surface area (Å²) >= 11 is 6.06. The molecule has 0 aliphatic heterocycles. The number of rotatable bonds is 2. The van der Waals surface area contributed by atoms with Crippen LogP contribution in [0.25, 0.3) is 11.3 Å². The van der Waals surface area contributed by atoms with Gasteiger partial charge in [-0.3, -0.25) is 4.98 Å². The number of hydrogen-bond acceptors (Lipinski definition) is 3. The highest BCUT2D eigenvalue weighted by atomic mass is 35.5. The molecule has 2 aromatic rings. The van der Waals surface area contributed by atoms with E-state index in [1.165, 1.54) is 12.3 Å². The number of pyridine rings is 1. The van der Waals surface area contributed by atoms with Crippen LogP contribution in [0.15, 0.2) is 36.5 Å². The van der Waals surface area contributed by atoms with Crippen molar-refractivity contribution in [3.63, 3.8) is 0 Å². The Kier molecular flexibility index (Phi) is 3.47. The van der Waals surface area contributed by atoms with E-state index in [4.69, 9.17) is 21.6 Å². The Morgan fingerprint density at radius 3 is 2.35 bits per heavy atom. The van der Waals surface area contributed by atoms with E-state index in [0.717, 1.165) is 11.1 Å². The first-order chi connectivity index (χ1) is 8.08. The lowest BCUT2D eigenvalue weighted by atomic mass is 9.81. The summed E-state index contributed by atoms with van der Waals surface area (Å²) in [5, 5.41) is 18.4. The third kappa shape index (κ3) is 2.66. The molecule has 0 aliphatic rings. The van der Waals surface area contributed by atoms with Crippen LogP contribution in [0.4, 0.5) is 0 Å². The molecular formula is C12H11BClNO2. The number of benzene rings is 1. The molecule has 1 aromatic carbocycles. The predicted molar refractivity (Wildman–Crippen MR) is 69.2 cm³/mol. The van der Waals surface area contributed by atoms with E-state index in [0.29, 0.717) is 10.7 Å². The van der Waals surface area contributed by atoms with Crippen LogP contribution in [0, 0.1) is 6.92 Å².